The van der Waals surface area contributed by atoms with Crippen molar-refractivity contribution in [3.8, 4) is 11.5 Å². The van der Waals surface area contributed by atoms with E-state index in [-0.39, 0.29) is 12.0 Å². The predicted octanol–water partition coefficient (Wildman–Crippen LogP) is 3.47. The van der Waals surface area contributed by atoms with Gasteiger partial charge < -0.3 is 14.5 Å². The van der Waals surface area contributed by atoms with Gasteiger partial charge in [0.25, 0.3) is 0 Å². The van der Waals surface area contributed by atoms with Gasteiger partial charge in [0.15, 0.2) is 5.43 Å². The fourth-order valence-electron chi connectivity index (χ4n) is 3.96. The second-order valence-corrected chi connectivity index (χ2v) is 10.3. The molecule has 0 aliphatic carbocycles. The van der Waals surface area contributed by atoms with Gasteiger partial charge in [0.05, 0.1) is 18.6 Å². The summed E-state index contributed by atoms with van der Waals surface area (Å²) in [5.41, 5.74) is 2.20. The first-order valence-corrected chi connectivity index (χ1v) is 12.6. The maximum atomic E-state index is 12.6. The first kappa shape index (κ1) is 22.4. The average Bonchev–Trinajstić information content (AvgIpc) is 2.79. The number of ether oxygens (including phenoxy) is 2. The van der Waals surface area contributed by atoms with Crippen molar-refractivity contribution >= 4 is 20.9 Å². The van der Waals surface area contributed by atoms with Crippen LogP contribution in [0, 0.1) is 12.8 Å². The third-order valence-corrected chi connectivity index (χ3v) is 7.27. The summed E-state index contributed by atoms with van der Waals surface area (Å²) in [6, 6.07) is 14.9. The molecule has 2 aromatic carbocycles. The quantitative estimate of drug-likeness (QED) is 0.588. The van der Waals surface area contributed by atoms with Crippen molar-refractivity contribution in [2.45, 2.75) is 26.4 Å². The van der Waals surface area contributed by atoms with Crippen molar-refractivity contribution in [2.24, 2.45) is 5.92 Å². The molecule has 0 unspecified atom stereocenters. The number of pyridine rings is 1. The molecule has 2 heterocycles. The zero-order valence-electron chi connectivity index (χ0n) is 18.3. The van der Waals surface area contributed by atoms with Crippen LogP contribution < -0.4 is 14.9 Å². The molecular weight excluding hydrogens is 428 g/mol. The molecule has 1 aromatic heterocycles. The van der Waals surface area contributed by atoms with Gasteiger partial charge in [0.2, 0.25) is 10.0 Å². The highest BCUT2D eigenvalue weighted by Gasteiger charge is 2.25. The van der Waals surface area contributed by atoms with Gasteiger partial charge in [0, 0.05) is 35.6 Å². The molecule has 4 rings (SSSR count). The first-order valence-electron chi connectivity index (χ1n) is 10.7. The third kappa shape index (κ3) is 5.14. The van der Waals surface area contributed by atoms with E-state index in [9.17, 15) is 13.2 Å². The largest absolute Gasteiger partial charge is 0.493 e. The minimum atomic E-state index is -3.12. The summed E-state index contributed by atoms with van der Waals surface area (Å²) in [5.74, 6) is 1.68. The molecule has 1 aliphatic rings. The number of sulfonamides is 1. The molecule has 7 nitrogen and oxygen atoms in total. The lowest BCUT2D eigenvalue weighted by molar-refractivity contribution is 0.185. The summed E-state index contributed by atoms with van der Waals surface area (Å²) in [4.78, 5) is 15.9. The van der Waals surface area contributed by atoms with E-state index in [1.54, 1.807) is 6.92 Å². The Morgan fingerprint density at radius 3 is 2.44 bits per heavy atom. The molecule has 0 bridgehead atoms. The summed E-state index contributed by atoms with van der Waals surface area (Å²) in [7, 11) is -3.12. The molecule has 32 heavy (non-hydrogen) atoms. The number of piperidine rings is 1. The van der Waals surface area contributed by atoms with Gasteiger partial charge in [-0.25, -0.2) is 12.7 Å². The highest BCUT2D eigenvalue weighted by Crippen LogP contribution is 2.24. The highest BCUT2D eigenvalue weighted by molar-refractivity contribution is 7.88. The van der Waals surface area contributed by atoms with Crippen LogP contribution in [-0.2, 0) is 16.6 Å². The third-order valence-electron chi connectivity index (χ3n) is 5.97. The van der Waals surface area contributed by atoms with Crippen molar-refractivity contribution in [2.75, 3.05) is 26.0 Å². The molecule has 0 radical (unpaired) electrons. The number of nitrogens with one attached hydrogen (secondary N) is 1. The Balaban J connectivity index is 1.36. The molecule has 0 amide bonds. The van der Waals surface area contributed by atoms with Crippen LogP contribution in [0.3, 0.4) is 0 Å². The number of hydrogen-bond acceptors (Lipinski definition) is 5. The van der Waals surface area contributed by atoms with Crippen molar-refractivity contribution in [1.29, 1.82) is 0 Å². The predicted molar refractivity (Wildman–Crippen MR) is 125 cm³/mol. The summed E-state index contributed by atoms with van der Waals surface area (Å²) in [5, 5.41) is 0.673. The minimum absolute atomic E-state index is 0.0111. The van der Waals surface area contributed by atoms with Crippen LogP contribution in [0.15, 0.2) is 53.3 Å². The molecule has 0 spiro atoms. The van der Waals surface area contributed by atoms with Crippen molar-refractivity contribution in [3.05, 3.63) is 70.0 Å². The number of para-hydroxylation sites is 1. The number of H-pyrrole nitrogens is 1. The van der Waals surface area contributed by atoms with Gasteiger partial charge in [-0.1, -0.05) is 18.2 Å². The number of fused-ring (bicyclic) bond motifs is 1. The lowest BCUT2D eigenvalue weighted by Crippen LogP contribution is -2.39. The molecule has 0 saturated carbocycles. The second-order valence-electron chi connectivity index (χ2n) is 8.28. The Morgan fingerprint density at radius 2 is 1.72 bits per heavy atom. The number of aromatic nitrogens is 1. The normalized spacial score (nSPS) is 15.7. The molecule has 3 aromatic rings. The fraction of sp³-hybridized carbons (Fsp3) is 0.375. The van der Waals surface area contributed by atoms with E-state index < -0.39 is 10.0 Å². The van der Waals surface area contributed by atoms with Crippen molar-refractivity contribution in [3.63, 3.8) is 0 Å². The summed E-state index contributed by atoms with van der Waals surface area (Å²) >= 11 is 0. The van der Waals surface area contributed by atoms with Gasteiger partial charge >= 0.3 is 0 Å². The second kappa shape index (κ2) is 9.34. The number of hydrogen-bond donors (Lipinski definition) is 1. The summed E-state index contributed by atoms with van der Waals surface area (Å²) < 4.78 is 36.7. The van der Waals surface area contributed by atoms with Crippen LogP contribution in [0.2, 0.25) is 0 Å². The smallest absolute Gasteiger partial charge is 0.211 e. The van der Waals surface area contributed by atoms with Crippen LogP contribution >= 0.6 is 0 Å². The van der Waals surface area contributed by atoms with E-state index in [2.05, 4.69) is 4.98 Å². The fourth-order valence-corrected chi connectivity index (χ4v) is 4.83. The van der Waals surface area contributed by atoms with Crippen molar-refractivity contribution in [1.82, 2.24) is 9.29 Å². The minimum Gasteiger partial charge on any atom is -0.493 e. The van der Waals surface area contributed by atoms with E-state index in [4.69, 9.17) is 9.47 Å². The molecule has 1 aliphatic heterocycles. The van der Waals surface area contributed by atoms with E-state index in [0.717, 1.165) is 24.1 Å². The van der Waals surface area contributed by atoms with E-state index in [0.29, 0.717) is 48.1 Å². The van der Waals surface area contributed by atoms with Gasteiger partial charge in [-0.2, -0.15) is 0 Å². The highest BCUT2D eigenvalue weighted by atomic mass is 32.2. The molecular formula is C24H28N2O5S. The molecule has 1 N–H and O–H groups in total. The monoisotopic (exact) mass is 456 g/mol. The van der Waals surface area contributed by atoms with Gasteiger partial charge in [0.1, 0.15) is 18.1 Å². The maximum Gasteiger partial charge on any atom is 0.211 e. The topological polar surface area (TPSA) is 88.7 Å². The van der Waals surface area contributed by atoms with E-state index >= 15 is 0 Å². The number of rotatable bonds is 7. The Labute approximate surface area is 188 Å². The summed E-state index contributed by atoms with van der Waals surface area (Å²) in [6.07, 6.45) is 2.83. The van der Waals surface area contributed by atoms with Crippen LogP contribution in [0.4, 0.5) is 0 Å². The zero-order valence-corrected chi connectivity index (χ0v) is 19.2. The maximum absolute atomic E-state index is 12.6. The Morgan fingerprint density at radius 1 is 1.03 bits per heavy atom. The Kier molecular flexibility index (Phi) is 6.53. The van der Waals surface area contributed by atoms with Crippen molar-refractivity contribution < 1.29 is 17.9 Å². The number of benzene rings is 2. The zero-order chi connectivity index (χ0) is 22.7. The lowest BCUT2D eigenvalue weighted by atomic mass is 9.99. The van der Waals surface area contributed by atoms with Gasteiger partial charge in [-0.15, -0.1) is 0 Å². The molecule has 8 heteroatoms. The van der Waals surface area contributed by atoms with Crippen LogP contribution in [0.5, 0.6) is 11.5 Å². The first-order chi connectivity index (χ1) is 15.3. The van der Waals surface area contributed by atoms with Crippen LogP contribution in [0.25, 0.3) is 10.9 Å². The number of aromatic amines is 1. The van der Waals surface area contributed by atoms with E-state index in [1.807, 2.05) is 48.5 Å². The Bertz CT molecular complexity index is 1260. The molecule has 0 atom stereocenters. The van der Waals surface area contributed by atoms with Crippen LogP contribution in [-0.4, -0.2) is 43.7 Å². The standard InChI is InChI=1S/C24H28N2O5S/c1-17-23(25-22-9-4-3-8-21(22)24(17)27)16-31-20-7-5-6-19(14-20)30-15-18-10-12-26(13-11-18)32(2,28)29/h3-9,14,18H,10-13,15-16H2,1-2H3,(H,25,27). The van der Waals surface area contributed by atoms with Crippen LogP contribution in [0.1, 0.15) is 24.1 Å². The Hall–Kier alpha value is -2.84. The van der Waals surface area contributed by atoms with Gasteiger partial charge in [-0.3, -0.25) is 4.79 Å². The van der Waals surface area contributed by atoms with Gasteiger partial charge in [-0.05, 0) is 49.9 Å². The average molecular weight is 457 g/mol. The number of nitrogens with zero attached hydrogens (tertiary/aromatic N) is 1. The SMILES string of the molecule is Cc1c(COc2cccc(OCC3CCN(S(C)(=O)=O)CC3)c2)[nH]c2ccccc2c1=O. The van der Waals surface area contributed by atoms with E-state index in [1.165, 1.54) is 10.6 Å². The molecule has 170 valence electrons. The summed E-state index contributed by atoms with van der Waals surface area (Å²) in [6.45, 7) is 3.68. The molecule has 1 saturated heterocycles. The lowest BCUT2D eigenvalue weighted by Gasteiger charge is -2.30. The molecule has 1 fully saturated rings.